The van der Waals surface area contributed by atoms with E-state index in [0.717, 1.165) is 18.9 Å². The van der Waals surface area contributed by atoms with Crippen LogP contribution in [0.1, 0.15) is 59.8 Å². The second kappa shape index (κ2) is 6.72. The average Bonchev–Trinajstić information content (AvgIpc) is 3.21. The molecule has 1 amide bonds. The molecule has 6 nitrogen and oxygen atoms in total. The Morgan fingerprint density at radius 2 is 2.03 bits per heavy atom. The third-order valence-corrected chi connectivity index (χ3v) is 5.91. The minimum atomic E-state index is -4.47. The first-order valence-corrected chi connectivity index (χ1v) is 9.60. The molecule has 0 radical (unpaired) electrons. The van der Waals surface area contributed by atoms with Crippen molar-refractivity contribution in [3.8, 4) is 0 Å². The molecule has 1 fully saturated rings. The number of alkyl halides is 3. The summed E-state index contributed by atoms with van der Waals surface area (Å²) in [6.07, 6.45) is 0.0867. The van der Waals surface area contributed by atoms with E-state index < -0.39 is 23.7 Å². The number of pyridine rings is 1. The second-order valence-corrected chi connectivity index (χ2v) is 8.09. The van der Waals surface area contributed by atoms with Gasteiger partial charge in [0.15, 0.2) is 0 Å². The van der Waals surface area contributed by atoms with Crippen molar-refractivity contribution in [2.24, 2.45) is 0 Å². The molecule has 4 rings (SSSR count). The number of H-pyrrole nitrogens is 1. The van der Waals surface area contributed by atoms with Crippen molar-refractivity contribution < 1.29 is 18.0 Å². The van der Waals surface area contributed by atoms with Gasteiger partial charge in [-0.2, -0.15) is 18.3 Å². The molecule has 2 N–H and O–H groups in total. The van der Waals surface area contributed by atoms with E-state index in [2.05, 4.69) is 15.5 Å². The summed E-state index contributed by atoms with van der Waals surface area (Å²) in [6.45, 7) is 4.96. The van der Waals surface area contributed by atoms with E-state index in [0.29, 0.717) is 16.5 Å². The molecule has 0 bridgehead atoms. The van der Waals surface area contributed by atoms with Crippen LogP contribution in [-0.4, -0.2) is 20.7 Å². The lowest BCUT2D eigenvalue weighted by Crippen LogP contribution is -2.32. The number of carbonyl (C=O) groups is 1. The Balaban J connectivity index is 1.70. The summed E-state index contributed by atoms with van der Waals surface area (Å²) < 4.78 is 41.2. The van der Waals surface area contributed by atoms with Crippen LogP contribution in [0.3, 0.4) is 0 Å². The Morgan fingerprint density at radius 3 is 2.67 bits per heavy atom. The summed E-state index contributed by atoms with van der Waals surface area (Å²) in [5, 5.41) is 9.65. The molecular formula is C21H21F3N4O2. The predicted molar refractivity (Wildman–Crippen MR) is 105 cm³/mol. The molecule has 1 aliphatic carbocycles. The van der Waals surface area contributed by atoms with Crippen molar-refractivity contribution in [2.45, 2.75) is 51.4 Å². The molecule has 9 heteroatoms. The van der Waals surface area contributed by atoms with Gasteiger partial charge in [0.05, 0.1) is 34.3 Å². The van der Waals surface area contributed by atoms with Gasteiger partial charge in [-0.25, -0.2) is 0 Å². The minimum Gasteiger partial charge on any atom is -0.345 e. The van der Waals surface area contributed by atoms with Gasteiger partial charge >= 0.3 is 6.18 Å². The zero-order valence-electron chi connectivity index (χ0n) is 16.7. The molecule has 0 unspecified atom stereocenters. The standard InChI is InChI=1S/C21H21F3N4O2/c1-11-13(5-4-6-16(11)21(22,23)24)12(2)26-18(29)15-10-28(20(3)7-8-20)19(30)14-9-25-27-17(14)15/h4-6,9-10,12H,7-8H2,1-3H3,(H,25,27)(H,26,29)/t12-/m1/s1. The lowest BCUT2D eigenvalue weighted by molar-refractivity contribution is -0.138. The van der Waals surface area contributed by atoms with E-state index in [-0.39, 0.29) is 22.2 Å². The normalized spacial score (nSPS) is 16.5. The number of hydrogen-bond acceptors (Lipinski definition) is 3. The van der Waals surface area contributed by atoms with E-state index in [4.69, 9.17) is 0 Å². The quantitative estimate of drug-likeness (QED) is 0.671. The third-order valence-electron chi connectivity index (χ3n) is 5.91. The Labute approximate surface area is 170 Å². The zero-order valence-corrected chi connectivity index (χ0v) is 16.7. The lowest BCUT2D eigenvalue weighted by Gasteiger charge is -2.21. The number of hydrogen-bond donors (Lipinski definition) is 2. The van der Waals surface area contributed by atoms with Crippen LogP contribution in [0.15, 0.2) is 35.4 Å². The van der Waals surface area contributed by atoms with Gasteiger partial charge in [-0.3, -0.25) is 14.7 Å². The van der Waals surface area contributed by atoms with Gasteiger partial charge in [0.2, 0.25) is 0 Å². The van der Waals surface area contributed by atoms with Gasteiger partial charge < -0.3 is 9.88 Å². The third kappa shape index (κ3) is 3.28. The first kappa shape index (κ1) is 20.2. The Morgan fingerprint density at radius 1 is 1.33 bits per heavy atom. The van der Waals surface area contributed by atoms with Crippen LogP contribution in [0.5, 0.6) is 0 Å². The van der Waals surface area contributed by atoms with Crippen molar-refractivity contribution in [1.82, 2.24) is 20.1 Å². The average molecular weight is 418 g/mol. The molecule has 1 saturated carbocycles. The number of nitrogens with zero attached hydrogens (tertiary/aromatic N) is 2. The maximum Gasteiger partial charge on any atom is 0.416 e. The van der Waals surface area contributed by atoms with Crippen molar-refractivity contribution in [3.63, 3.8) is 0 Å². The van der Waals surface area contributed by atoms with E-state index in [1.807, 2.05) is 6.92 Å². The number of rotatable bonds is 4. The van der Waals surface area contributed by atoms with Gasteiger partial charge in [0.1, 0.15) is 0 Å². The van der Waals surface area contributed by atoms with Crippen molar-refractivity contribution >= 4 is 16.8 Å². The predicted octanol–water partition coefficient (Wildman–Crippen LogP) is 4.05. The summed E-state index contributed by atoms with van der Waals surface area (Å²) in [5.41, 5.74) is -0.302. The maximum absolute atomic E-state index is 13.2. The number of fused-ring (bicyclic) bond motifs is 1. The van der Waals surface area contributed by atoms with Crippen LogP contribution >= 0.6 is 0 Å². The van der Waals surface area contributed by atoms with Gasteiger partial charge in [-0.1, -0.05) is 12.1 Å². The van der Waals surface area contributed by atoms with E-state index in [9.17, 15) is 22.8 Å². The van der Waals surface area contributed by atoms with Crippen molar-refractivity contribution in [3.05, 3.63) is 63.2 Å². The number of aromatic nitrogens is 3. The summed E-state index contributed by atoms with van der Waals surface area (Å²) in [4.78, 5) is 25.8. The van der Waals surface area contributed by atoms with Crippen LogP contribution in [0.2, 0.25) is 0 Å². The Bertz CT molecular complexity index is 1210. The number of carbonyl (C=O) groups excluding carboxylic acids is 1. The summed E-state index contributed by atoms with van der Waals surface area (Å²) >= 11 is 0. The Hall–Kier alpha value is -3.10. The SMILES string of the molecule is Cc1c([C@@H](C)NC(=O)c2cn(C3(C)CC3)c(=O)c3cn[nH]c23)cccc1C(F)(F)F. The van der Waals surface area contributed by atoms with Gasteiger partial charge in [0, 0.05) is 11.7 Å². The molecule has 30 heavy (non-hydrogen) atoms. The molecule has 0 saturated heterocycles. The fourth-order valence-electron chi connectivity index (χ4n) is 3.81. The lowest BCUT2D eigenvalue weighted by atomic mass is 9.97. The molecule has 2 heterocycles. The van der Waals surface area contributed by atoms with Crippen molar-refractivity contribution in [1.29, 1.82) is 0 Å². The van der Waals surface area contributed by atoms with Crippen LogP contribution in [0.25, 0.3) is 10.9 Å². The van der Waals surface area contributed by atoms with E-state index >= 15 is 0 Å². The molecule has 2 aromatic heterocycles. The highest BCUT2D eigenvalue weighted by Gasteiger charge is 2.41. The first-order chi connectivity index (χ1) is 14.0. The fourth-order valence-corrected chi connectivity index (χ4v) is 3.81. The highest BCUT2D eigenvalue weighted by Crippen LogP contribution is 2.42. The molecule has 1 aromatic carbocycles. The highest BCUT2D eigenvalue weighted by molar-refractivity contribution is 6.05. The van der Waals surface area contributed by atoms with Crippen LogP contribution in [0, 0.1) is 6.92 Å². The van der Waals surface area contributed by atoms with Crippen LogP contribution in [0.4, 0.5) is 13.2 Å². The molecule has 0 aliphatic heterocycles. The molecule has 0 spiro atoms. The summed E-state index contributed by atoms with van der Waals surface area (Å²) in [5.74, 6) is -0.494. The van der Waals surface area contributed by atoms with E-state index in [1.54, 1.807) is 17.6 Å². The number of amides is 1. The van der Waals surface area contributed by atoms with Gasteiger partial charge in [-0.05, 0) is 50.8 Å². The number of halogens is 3. The monoisotopic (exact) mass is 418 g/mol. The summed E-state index contributed by atoms with van der Waals surface area (Å²) in [6, 6.07) is 3.24. The molecule has 3 aromatic rings. The smallest absolute Gasteiger partial charge is 0.345 e. The van der Waals surface area contributed by atoms with Crippen LogP contribution in [-0.2, 0) is 11.7 Å². The topological polar surface area (TPSA) is 79.8 Å². The molecule has 1 atom stereocenters. The molecule has 158 valence electrons. The zero-order chi connectivity index (χ0) is 21.8. The second-order valence-electron chi connectivity index (χ2n) is 8.09. The Kier molecular flexibility index (Phi) is 4.52. The molecule has 1 aliphatic rings. The van der Waals surface area contributed by atoms with E-state index in [1.165, 1.54) is 25.4 Å². The number of benzene rings is 1. The van der Waals surface area contributed by atoms with Crippen molar-refractivity contribution in [2.75, 3.05) is 0 Å². The van der Waals surface area contributed by atoms with Gasteiger partial charge in [0.25, 0.3) is 11.5 Å². The van der Waals surface area contributed by atoms with Crippen LogP contribution < -0.4 is 10.9 Å². The number of aromatic amines is 1. The minimum absolute atomic E-state index is 0.0694. The summed E-state index contributed by atoms with van der Waals surface area (Å²) in [7, 11) is 0. The first-order valence-electron chi connectivity index (χ1n) is 9.60. The van der Waals surface area contributed by atoms with Gasteiger partial charge in [-0.15, -0.1) is 0 Å². The highest BCUT2D eigenvalue weighted by atomic mass is 19.4. The molecular weight excluding hydrogens is 397 g/mol. The number of nitrogens with one attached hydrogen (secondary N) is 2. The fraction of sp³-hybridized carbons (Fsp3) is 0.381. The maximum atomic E-state index is 13.2. The largest absolute Gasteiger partial charge is 0.416 e.